The fourth-order valence-corrected chi connectivity index (χ4v) is 0.853. The molecule has 0 saturated carbocycles. The molecule has 0 heterocycles. The van der Waals surface area contributed by atoms with Gasteiger partial charge in [0.25, 0.3) is 5.97 Å². The van der Waals surface area contributed by atoms with Gasteiger partial charge in [-0.25, -0.2) is 0 Å². The third kappa shape index (κ3) is 6.47. The van der Waals surface area contributed by atoms with E-state index in [1.165, 1.54) is 4.90 Å². The van der Waals surface area contributed by atoms with Crippen LogP contribution in [0.2, 0.25) is 0 Å². The van der Waals surface area contributed by atoms with E-state index in [1.54, 1.807) is 0 Å². The molecule has 0 aliphatic rings. The van der Waals surface area contributed by atoms with Crippen LogP contribution in [-0.2, 0) is 0 Å². The number of rotatable bonds is 6. The van der Waals surface area contributed by atoms with Crippen LogP contribution in [0.3, 0.4) is 0 Å². The first-order valence-corrected chi connectivity index (χ1v) is 3.61. The average molecular weight is 181 g/mol. The Kier molecular flexibility index (Phi) is 5.31. The second-order valence-corrected chi connectivity index (χ2v) is 2.50. The van der Waals surface area contributed by atoms with Crippen LogP contribution in [-0.4, -0.2) is 69.3 Å². The van der Waals surface area contributed by atoms with Crippen molar-refractivity contribution in [1.82, 2.24) is 4.90 Å². The molecule has 0 saturated heterocycles. The minimum absolute atomic E-state index is 0.171. The molecule has 6 heteroatoms. The van der Waals surface area contributed by atoms with E-state index in [-0.39, 0.29) is 26.3 Å². The zero-order chi connectivity index (χ0) is 9.61. The van der Waals surface area contributed by atoms with Crippen molar-refractivity contribution in [2.45, 2.75) is 5.97 Å². The van der Waals surface area contributed by atoms with Crippen molar-refractivity contribution < 1.29 is 25.5 Å². The summed E-state index contributed by atoms with van der Waals surface area (Å²) in [6.45, 7) is -0.422. The summed E-state index contributed by atoms with van der Waals surface area (Å²) in [6.07, 6.45) is 0. The Balaban J connectivity index is 3.77. The molecule has 0 rings (SSSR count). The van der Waals surface area contributed by atoms with E-state index < -0.39 is 12.5 Å². The minimum atomic E-state index is -2.77. The smallest absolute Gasteiger partial charge is 0.288 e. The molecule has 0 bridgehead atoms. The number of aliphatic hydroxyl groups excluding tert-OH is 2. The van der Waals surface area contributed by atoms with Gasteiger partial charge in [-0.1, -0.05) is 0 Å². The Morgan fingerprint density at radius 2 is 1.33 bits per heavy atom. The molecule has 12 heavy (non-hydrogen) atoms. The molecule has 0 fully saturated rings. The predicted molar refractivity (Wildman–Crippen MR) is 40.0 cm³/mol. The van der Waals surface area contributed by atoms with Crippen molar-refractivity contribution in [3.63, 3.8) is 0 Å². The molecular weight excluding hydrogens is 166 g/mol. The van der Waals surface area contributed by atoms with Crippen molar-refractivity contribution in [2.24, 2.45) is 0 Å². The summed E-state index contributed by atoms with van der Waals surface area (Å²) in [5.74, 6) is -2.77. The van der Waals surface area contributed by atoms with Crippen LogP contribution in [0.1, 0.15) is 0 Å². The van der Waals surface area contributed by atoms with Gasteiger partial charge >= 0.3 is 0 Å². The molecule has 0 aliphatic heterocycles. The molecule has 74 valence electrons. The average Bonchev–Trinajstić information content (AvgIpc) is 1.84. The van der Waals surface area contributed by atoms with Crippen molar-refractivity contribution >= 4 is 0 Å². The second kappa shape index (κ2) is 5.41. The van der Waals surface area contributed by atoms with Crippen LogP contribution in [0, 0.1) is 0 Å². The summed E-state index contributed by atoms with van der Waals surface area (Å²) in [5, 5.41) is 42.6. The van der Waals surface area contributed by atoms with Gasteiger partial charge in [0.05, 0.1) is 19.8 Å². The molecule has 0 aromatic carbocycles. The third-order valence-corrected chi connectivity index (χ3v) is 1.27. The molecule has 0 amide bonds. The molecule has 6 nitrogen and oxygen atoms in total. The number of aliphatic hydroxyl groups is 5. The lowest BCUT2D eigenvalue weighted by Gasteiger charge is -2.24. The second-order valence-electron chi connectivity index (χ2n) is 2.50. The number of hydrogen-bond acceptors (Lipinski definition) is 6. The summed E-state index contributed by atoms with van der Waals surface area (Å²) in [5.41, 5.74) is 0. The summed E-state index contributed by atoms with van der Waals surface area (Å²) in [7, 11) is 0. The van der Waals surface area contributed by atoms with Crippen LogP contribution >= 0.6 is 0 Å². The molecule has 0 aromatic heterocycles. The molecular formula is C6H15NO5. The number of nitrogens with zero attached hydrogens (tertiary/aromatic N) is 1. The molecule has 0 aliphatic carbocycles. The van der Waals surface area contributed by atoms with E-state index in [4.69, 9.17) is 25.5 Å². The van der Waals surface area contributed by atoms with Crippen molar-refractivity contribution in [1.29, 1.82) is 0 Å². The quantitative estimate of drug-likeness (QED) is 0.278. The zero-order valence-corrected chi connectivity index (χ0v) is 6.72. The molecule has 5 N–H and O–H groups in total. The van der Waals surface area contributed by atoms with Crippen LogP contribution in [0.15, 0.2) is 0 Å². The lowest BCUT2D eigenvalue weighted by molar-refractivity contribution is -0.317. The maximum absolute atomic E-state index is 8.55. The van der Waals surface area contributed by atoms with E-state index in [9.17, 15) is 0 Å². The standard InChI is InChI=1S/C6H15NO5/c8-3-1-7(2-4-9)5-6(10,11)12/h8-12H,1-5H2. The fourth-order valence-electron chi connectivity index (χ4n) is 0.853. The first-order chi connectivity index (χ1) is 5.49. The van der Waals surface area contributed by atoms with E-state index in [0.29, 0.717) is 0 Å². The topological polar surface area (TPSA) is 104 Å². The fraction of sp³-hybridized carbons (Fsp3) is 1.00. The Morgan fingerprint density at radius 3 is 1.58 bits per heavy atom. The maximum atomic E-state index is 8.55. The minimum Gasteiger partial charge on any atom is -0.395 e. The van der Waals surface area contributed by atoms with Gasteiger partial charge in [0, 0.05) is 13.1 Å². The SMILES string of the molecule is OCCN(CCO)CC(O)(O)O. The first-order valence-electron chi connectivity index (χ1n) is 3.61. The summed E-state index contributed by atoms with van der Waals surface area (Å²) in [6, 6.07) is 0. The van der Waals surface area contributed by atoms with Gasteiger partial charge in [-0.3, -0.25) is 4.90 Å². The van der Waals surface area contributed by atoms with E-state index >= 15 is 0 Å². The van der Waals surface area contributed by atoms with Gasteiger partial charge < -0.3 is 25.5 Å². The summed E-state index contributed by atoms with van der Waals surface area (Å²) in [4.78, 5) is 1.32. The Morgan fingerprint density at radius 1 is 0.917 bits per heavy atom. The first kappa shape index (κ1) is 11.8. The lowest BCUT2D eigenvalue weighted by atomic mass is 10.4. The predicted octanol–water partition coefficient (Wildman–Crippen LogP) is -3.10. The van der Waals surface area contributed by atoms with Crippen molar-refractivity contribution in [3.05, 3.63) is 0 Å². The van der Waals surface area contributed by atoms with Gasteiger partial charge in [-0.15, -0.1) is 0 Å². The van der Waals surface area contributed by atoms with Gasteiger partial charge in [-0.2, -0.15) is 0 Å². The highest BCUT2D eigenvalue weighted by Crippen LogP contribution is 1.97. The van der Waals surface area contributed by atoms with Gasteiger partial charge in [0.15, 0.2) is 0 Å². The third-order valence-electron chi connectivity index (χ3n) is 1.27. The van der Waals surface area contributed by atoms with Crippen LogP contribution in [0.25, 0.3) is 0 Å². The normalized spacial score (nSPS) is 12.5. The zero-order valence-electron chi connectivity index (χ0n) is 6.72. The monoisotopic (exact) mass is 181 g/mol. The van der Waals surface area contributed by atoms with E-state index in [1.807, 2.05) is 0 Å². The molecule has 0 atom stereocenters. The highest BCUT2D eigenvalue weighted by atomic mass is 16.7. The molecule has 0 unspecified atom stereocenters. The summed E-state index contributed by atoms with van der Waals surface area (Å²) >= 11 is 0. The van der Waals surface area contributed by atoms with Crippen LogP contribution in [0.5, 0.6) is 0 Å². The highest BCUT2D eigenvalue weighted by Gasteiger charge is 2.21. The largest absolute Gasteiger partial charge is 0.395 e. The van der Waals surface area contributed by atoms with E-state index in [2.05, 4.69) is 0 Å². The Hall–Kier alpha value is -0.240. The van der Waals surface area contributed by atoms with Gasteiger partial charge in [-0.05, 0) is 0 Å². The van der Waals surface area contributed by atoms with Crippen molar-refractivity contribution in [2.75, 3.05) is 32.8 Å². The van der Waals surface area contributed by atoms with Crippen LogP contribution < -0.4 is 0 Å². The lowest BCUT2D eigenvalue weighted by Crippen LogP contribution is -2.44. The van der Waals surface area contributed by atoms with E-state index in [0.717, 1.165) is 0 Å². The Bertz CT molecular complexity index is 107. The molecule has 0 spiro atoms. The molecule has 0 radical (unpaired) electrons. The van der Waals surface area contributed by atoms with Gasteiger partial charge in [0.2, 0.25) is 0 Å². The number of hydrogen-bond donors (Lipinski definition) is 5. The van der Waals surface area contributed by atoms with Crippen molar-refractivity contribution in [3.8, 4) is 0 Å². The highest BCUT2D eigenvalue weighted by molar-refractivity contribution is 4.60. The Labute approximate surface area is 70.3 Å². The van der Waals surface area contributed by atoms with Gasteiger partial charge in [0.1, 0.15) is 0 Å². The maximum Gasteiger partial charge on any atom is 0.288 e. The van der Waals surface area contributed by atoms with Crippen LogP contribution in [0.4, 0.5) is 0 Å². The summed E-state index contributed by atoms with van der Waals surface area (Å²) < 4.78 is 0. The molecule has 0 aromatic rings.